The topological polar surface area (TPSA) is 119 Å². The molecule has 11 heteroatoms. The van der Waals surface area contributed by atoms with Gasteiger partial charge in [-0.1, -0.05) is 6.07 Å². The molecule has 2 aromatic rings. The molecule has 0 saturated carbocycles. The van der Waals surface area contributed by atoms with Crippen molar-refractivity contribution in [2.24, 2.45) is 0 Å². The van der Waals surface area contributed by atoms with Crippen LogP contribution in [0.15, 0.2) is 41.3 Å². The molecule has 3 rings (SSSR count). The maximum Gasteiger partial charge on any atom is 0.337 e. The number of hydrogen-bond acceptors (Lipinski definition) is 6. The number of nitrogens with zero attached hydrogens (tertiary/aromatic N) is 2. The standard InChI is InChI=1S/C23H29FN4O5S/c1-15(2)25-22(29)14-27-8-10-28(11-9-27)20-7-6-18(13-19(20)23(30)31)26-34(32,33)21-12-17(24)5-4-16(21)3/h4-7,12-13,15,26H,8-11,14H2,1-3H3,(H,25,29)(H,30,31). The molecule has 1 fully saturated rings. The van der Waals surface area contributed by atoms with Crippen molar-refractivity contribution in [3.8, 4) is 0 Å². The van der Waals surface area contributed by atoms with Gasteiger partial charge in [-0.2, -0.15) is 0 Å². The molecule has 2 aromatic carbocycles. The van der Waals surface area contributed by atoms with Crippen molar-refractivity contribution < 1.29 is 27.5 Å². The third-order valence-corrected chi connectivity index (χ3v) is 6.97. The van der Waals surface area contributed by atoms with Crippen LogP contribution in [-0.2, 0) is 14.8 Å². The van der Waals surface area contributed by atoms with Gasteiger partial charge in [-0.3, -0.25) is 14.4 Å². The predicted octanol–water partition coefficient (Wildman–Crippen LogP) is 2.28. The number of aromatic carboxylic acids is 1. The summed E-state index contributed by atoms with van der Waals surface area (Å²) in [6.07, 6.45) is 0. The number of aryl methyl sites for hydroxylation is 1. The van der Waals surface area contributed by atoms with Crippen molar-refractivity contribution in [2.75, 3.05) is 42.3 Å². The molecule has 0 aliphatic carbocycles. The Bertz CT molecular complexity index is 1180. The van der Waals surface area contributed by atoms with Crippen molar-refractivity contribution in [3.63, 3.8) is 0 Å². The van der Waals surface area contributed by atoms with Crippen LogP contribution >= 0.6 is 0 Å². The first kappa shape index (κ1) is 25.4. The maximum absolute atomic E-state index is 13.6. The second kappa shape index (κ2) is 10.4. The van der Waals surface area contributed by atoms with Crippen LogP contribution in [0.5, 0.6) is 0 Å². The van der Waals surface area contributed by atoms with Gasteiger partial charge in [0.25, 0.3) is 10.0 Å². The Hall–Kier alpha value is -3.18. The molecule has 0 radical (unpaired) electrons. The van der Waals surface area contributed by atoms with Gasteiger partial charge < -0.3 is 15.3 Å². The number of sulfonamides is 1. The summed E-state index contributed by atoms with van der Waals surface area (Å²) in [7, 11) is -4.12. The molecule has 34 heavy (non-hydrogen) atoms. The van der Waals surface area contributed by atoms with Crippen LogP contribution < -0.4 is 14.9 Å². The number of rotatable bonds is 8. The normalized spacial score (nSPS) is 14.8. The molecular weight excluding hydrogens is 463 g/mol. The molecule has 9 nitrogen and oxygen atoms in total. The van der Waals surface area contributed by atoms with Gasteiger partial charge in [-0.05, 0) is 56.7 Å². The lowest BCUT2D eigenvalue weighted by Crippen LogP contribution is -2.50. The third-order valence-electron chi connectivity index (χ3n) is 5.45. The number of carboxylic acid groups (broad SMARTS) is 1. The van der Waals surface area contributed by atoms with Gasteiger partial charge in [0.15, 0.2) is 0 Å². The average molecular weight is 493 g/mol. The number of halogens is 1. The molecule has 1 amide bonds. The summed E-state index contributed by atoms with van der Waals surface area (Å²) in [6, 6.07) is 7.81. The van der Waals surface area contributed by atoms with E-state index in [0.29, 0.717) is 37.4 Å². The summed E-state index contributed by atoms with van der Waals surface area (Å²) in [5.74, 6) is -1.94. The van der Waals surface area contributed by atoms with E-state index in [9.17, 15) is 27.5 Å². The fourth-order valence-electron chi connectivity index (χ4n) is 3.84. The van der Waals surface area contributed by atoms with Gasteiger partial charge in [0, 0.05) is 37.9 Å². The fraction of sp³-hybridized carbons (Fsp3) is 0.391. The van der Waals surface area contributed by atoms with E-state index in [-0.39, 0.29) is 34.6 Å². The SMILES string of the molecule is Cc1ccc(F)cc1S(=O)(=O)Nc1ccc(N2CCN(CC(=O)NC(C)C)CC2)c(C(=O)O)c1. The number of anilines is 2. The van der Waals surface area contributed by atoms with E-state index in [0.717, 1.165) is 6.07 Å². The Morgan fingerprint density at radius 2 is 1.76 bits per heavy atom. The lowest BCUT2D eigenvalue weighted by atomic mass is 10.1. The Morgan fingerprint density at radius 3 is 2.38 bits per heavy atom. The quantitative estimate of drug-likeness (QED) is 0.517. The molecule has 0 aromatic heterocycles. The van der Waals surface area contributed by atoms with Crippen LogP contribution in [0.1, 0.15) is 29.8 Å². The van der Waals surface area contributed by atoms with Crippen LogP contribution in [0.3, 0.4) is 0 Å². The first-order valence-corrected chi connectivity index (χ1v) is 12.4. The van der Waals surface area contributed by atoms with Crippen LogP contribution in [-0.4, -0.2) is 69.1 Å². The Morgan fingerprint density at radius 1 is 1.09 bits per heavy atom. The van der Waals surface area contributed by atoms with Crippen LogP contribution in [0.25, 0.3) is 0 Å². The second-order valence-electron chi connectivity index (χ2n) is 8.54. The highest BCUT2D eigenvalue weighted by Crippen LogP contribution is 2.28. The van der Waals surface area contributed by atoms with E-state index < -0.39 is 21.8 Å². The smallest absolute Gasteiger partial charge is 0.337 e. The number of hydrogen-bond donors (Lipinski definition) is 3. The highest BCUT2D eigenvalue weighted by molar-refractivity contribution is 7.92. The largest absolute Gasteiger partial charge is 0.478 e. The summed E-state index contributed by atoms with van der Waals surface area (Å²) in [5.41, 5.74) is 0.837. The van der Waals surface area contributed by atoms with Crippen LogP contribution in [0.4, 0.5) is 15.8 Å². The zero-order valence-electron chi connectivity index (χ0n) is 19.3. The Kier molecular flexibility index (Phi) is 7.78. The molecule has 0 spiro atoms. The lowest BCUT2D eigenvalue weighted by Gasteiger charge is -2.36. The molecule has 3 N–H and O–H groups in total. The Labute approximate surface area is 198 Å². The number of piperazine rings is 1. The predicted molar refractivity (Wildman–Crippen MR) is 127 cm³/mol. The minimum absolute atomic E-state index is 0.0536. The Balaban J connectivity index is 1.75. The van der Waals surface area contributed by atoms with Gasteiger partial charge in [0.2, 0.25) is 5.91 Å². The molecule has 1 heterocycles. The number of carboxylic acids is 1. The van der Waals surface area contributed by atoms with E-state index in [2.05, 4.69) is 10.0 Å². The highest BCUT2D eigenvalue weighted by Gasteiger charge is 2.24. The summed E-state index contributed by atoms with van der Waals surface area (Å²) in [5, 5.41) is 12.6. The van der Waals surface area contributed by atoms with Gasteiger partial charge in [0.1, 0.15) is 5.82 Å². The van der Waals surface area contributed by atoms with Gasteiger partial charge >= 0.3 is 5.97 Å². The number of benzene rings is 2. The second-order valence-corrected chi connectivity index (χ2v) is 10.2. The van der Waals surface area contributed by atoms with E-state index >= 15 is 0 Å². The third kappa shape index (κ3) is 6.23. The number of amides is 1. The molecule has 0 bridgehead atoms. The van der Waals surface area contributed by atoms with Crippen molar-refractivity contribution >= 4 is 33.3 Å². The molecule has 1 saturated heterocycles. The monoisotopic (exact) mass is 492 g/mol. The maximum atomic E-state index is 13.6. The number of carbonyl (C=O) groups excluding carboxylic acids is 1. The first-order chi connectivity index (χ1) is 16.0. The first-order valence-electron chi connectivity index (χ1n) is 10.9. The van der Waals surface area contributed by atoms with Crippen LogP contribution in [0, 0.1) is 12.7 Å². The summed E-state index contributed by atoms with van der Waals surface area (Å²) in [6.45, 7) is 7.81. The highest BCUT2D eigenvalue weighted by atomic mass is 32.2. The van der Waals surface area contributed by atoms with E-state index in [4.69, 9.17) is 0 Å². The van der Waals surface area contributed by atoms with Gasteiger partial charge in [-0.15, -0.1) is 0 Å². The average Bonchev–Trinajstić information content (AvgIpc) is 2.75. The minimum Gasteiger partial charge on any atom is -0.478 e. The van der Waals surface area contributed by atoms with Crippen molar-refractivity contribution in [2.45, 2.75) is 31.7 Å². The zero-order chi connectivity index (χ0) is 25.0. The number of carbonyl (C=O) groups is 2. The molecular formula is C23H29FN4O5S. The fourth-order valence-corrected chi connectivity index (χ4v) is 5.14. The van der Waals surface area contributed by atoms with Crippen molar-refractivity contribution in [1.82, 2.24) is 10.2 Å². The van der Waals surface area contributed by atoms with E-state index in [1.807, 2.05) is 23.6 Å². The summed E-state index contributed by atoms with van der Waals surface area (Å²) >= 11 is 0. The molecule has 0 unspecified atom stereocenters. The van der Waals surface area contributed by atoms with Crippen LogP contribution in [0.2, 0.25) is 0 Å². The molecule has 1 aliphatic rings. The zero-order valence-corrected chi connectivity index (χ0v) is 20.2. The minimum atomic E-state index is -4.12. The molecule has 184 valence electrons. The molecule has 0 atom stereocenters. The van der Waals surface area contributed by atoms with E-state index in [1.54, 1.807) is 13.0 Å². The molecule has 1 aliphatic heterocycles. The van der Waals surface area contributed by atoms with Gasteiger partial charge in [0.05, 0.1) is 22.7 Å². The van der Waals surface area contributed by atoms with Crippen molar-refractivity contribution in [3.05, 3.63) is 53.3 Å². The van der Waals surface area contributed by atoms with E-state index in [1.165, 1.54) is 24.3 Å². The summed E-state index contributed by atoms with van der Waals surface area (Å²) < 4.78 is 41.5. The number of nitrogens with one attached hydrogen (secondary N) is 2. The lowest BCUT2D eigenvalue weighted by molar-refractivity contribution is -0.122. The summed E-state index contributed by atoms with van der Waals surface area (Å²) in [4.78, 5) is 27.6. The van der Waals surface area contributed by atoms with Gasteiger partial charge in [-0.25, -0.2) is 17.6 Å². The van der Waals surface area contributed by atoms with Crippen molar-refractivity contribution in [1.29, 1.82) is 0 Å².